The summed E-state index contributed by atoms with van der Waals surface area (Å²) in [6.45, 7) is 0.599. The molecule has 5 nitrogen and oxygen atoms in total. The predicted molar refractivity (Wildman–Crippen MR) is 46.9 cm³/mol. The van der Waals surface area contributed by atoms with Crippen molar-refractivity contribution in [1.82, 2.24) is 15.0 Å². The highest BCUT2D eigenvalue weighted by Crippen LogP contribution is 2.31. The second-order valence-corrected chi connectivity index (χ2v) is 3.34. The minimum Gasteiger partial charge on any atom is -0.367 e. The van der Waals surface area contributed by atoms with Crippen LogP contribution in [0.2, 0.25) is 0 Å². The van der Waals surface area contributed by atoms with Gasteiger partial charge in [0.2, 0.25) is 0 Å². The van der Waals surface area contributed by atoms with E-state index in [0.717, 1.165) is 18.5 Å². The minimum atomic E-state index is 0.133. The van der Waals surface area contributed by atoms with Gasteiger partial charge in [0, 0.05) is 13.6 Å². The van der Waals surface area contributed by atoms with Crippen LogP contribution >= 0.6 is 0 Å². The third-order valence-corrected chi connectivity index (χ3v) is 2.45. The van der Waals surface area contributed by atoms with E-state index in [4.69, 9.17) is 10.5 Å². The smallest absolute Gasteiger partial charge is 0.101 e. The quantitative estimate of drug-likeness (QED) is 0.698. The molecule has 1 aliphatic rings. The van der Waals surface area contributed by atoms with Crippen LogP contribution in [-0.4, -0.2) is 27.6 Å². The van der Waals surface area contributed by atoms with E-state index in [-0.39, 0.29) is 12.2 Å². The fraction of sp³-hybridized carbons (Fsp3) is 0.750. The number of rotatable bonds is 2. The van der Waals surface area contributed by atoms with E-state index < -0.39 is 0 Å². The normalized spacial score (nSPS) is 28.2. The van der Waals surface area contributed by atoms with Crippen molar-refractivity contribution >= 4 is 0 Å². The third kappa shape index (κ3) is 1.57. The SMILES string of the molecule is Cn1nncc1C1CCC(CN)O1. The first-order valence-corrected chi connectivity index (χ1v) is 4.51. The molecule has 0 amide bonds. The van der Waals surface area contributed by atoms with Gasteiger partial charge >= 0.3 is 0 Å². The van der Waals surface area contributed by atoms with Gasteiger partial charge in [-0.15, -0.1) is 5.10 Å². The first-order chi connectivity index (χ1) is 6.31. The number of nitrogens with two attached hydrogens (primary N) is 1. The molecule has 0 aliphatic carbocycles. The Morgan fingerprint density at radius 2 is 2.54 bits per heavy atom. The van der Waals surface area contributed by atoms with Gasteiger partial charge in [-0.05, 0) is 12.8 Å². The van der Waals surface area contributed by atoms with Crippen LogP contribution in [0.25, 0.3) is 0 Å². The highest BCUT2D eigenvalue weighted by molar-refractivity contribution is 5.01. The summed E-state index contributed by atoms with van der Waals surface area (Å²) in [5, 5.41) is 7.69. The van der Waals surface area contributed by atoms with E-state index in [1.54, 1.807) is 10.9 Å². The van der Waals surface area contributed by atoms with Crippen molar-refractivity contribution in [3.8, 4) is 0 Å². The molecule has 0 saturated carbocycles. The molecule has 2 heterocycles. The Morgan fingerprint density at radius 1 is 1.69 bits per heavy atom. The minimum absolute atomic E-state index is 0.133. The number of aromatic nitrogens is 3. The van der Waals surface area contributed by atoms with E-state index in [9.17, 15) is 0 Å². The lowest BCUT2D eigenvalue weighted by Crippen LogP contribution is -2.19. The van der Waals surface area contributed by atoms with Crippen molar-refractivity contribution in [1.29, 1.82) is 0 Å². The van der Waals surface area contributed by atoms with E-state index in [2.05, 4.69) is 10.3 Å². The zero-order valence-electron chi connectivity index (χ0n) is 7.68. The molecule has 72 valence electrons. The summed E-state index contributed by atoms with van der Waals surface area (Å²) in [4.78, 5) is 0. The molecule has 2 N–H and O–H groups in total. The molecular formula is C8H14N4O. The first kappa shape index (κ1) is 8.65. The lowest BCUT2D eigenvalue weighted by Gasteiger charge is -2.11. The molecule has 2 unspecified atom stereocenters. The van der Waals surface area contributed by atoms with E-state index in [0.29, 0.717) is 6.54 Å². The molecule has 1 aromatic rings. The number of hydrogen-bond donors (Lipinski definition) is 1. The van der Waals surface area contributed by atoms with Gasteiger partial charge in [0.25, 0.3) is 0 Å². The predicted octanol–water partition coefficient (Wildman–Crippen LogP) is -0.00610. The maximum atomic E-state index is 5.71. The third-order valence-electron chi connectivity index (χ3n) is 2.45. The standard InChI is InChI=1S/C8H14N4O/c1-12-7(5-10-11-12)8-3-2-6(4-9)13-8/h5-6,8H,2-4,9H2,1H3. The topological polar surface area (TPSA) is 66.0 Å². The summed E-state index contributed by atoms with van der Waals surface area (Å²) in [5.74, 6) is 0. The monoisotopic (exact) mass is 182 g/mol. The van der Waals surface area contributed by atoms with Crippen molar-refractivity contribution in [3.63, 3.8) is 0 Å². The van der Waals surface area contributed by atoms with Crippen LogP contribution in [0.4, 0.5) is 0 Å². The molecule has 0 radical (unpaired) electrons. The van der Waals surface area contributed by atoms with Crippen molar-refractivity contribution in [3.05, 3.63) is 11.9 Å². The van der Waals surface area contributed by atoms with Gasteiger partial charge in [-0.3, -0.25) is 0 Å². The Kier molecular flexibility index (Phi) is 2.28. The number of ether oxygens (including phenoxy) is 1. The maximum Gasteiger partial charge on any atom is 0.101 e. The summed E-state index contributed by atoms with van der Waals surface area (Å²) >= 11 is 0. The molecule has 2 rings (SSSR count). The Morgan fingerprint density at radius 3 is 3.08 bits per heavy atom. The Bertz CT molecular complexity index is 285. The van der Waals surface area contributed by atoms with Gasteiger partial charge < -0.3 is 10.5 Å². The molecule has 2 atom stereocenters. The molecule has 1 fully saturated rings. The van der Waals surface area contributed by atoms with Crippen LogP contribution in [-0.2, 0) is 11.8 Å². The average Bonchev–Trinajstić information content (AvgIpc) is 2.71. The van der Waals surface area contributed by atoms with Gasteiger partial charge in [-0.2, -0.15) is 0 Å². The molecule has 1 saturated heterocycles. The van der Waals surface area contributed by atoms with Crippen LogP contribution in [0.3, 0.4) is 0 Å². The second kappa shape index (κ2) is 3.43. The summed E-state index contributed by atoms with van der Waals surface area (Å²) in [6, 6.07) is 0. The number of aryl methyl sites for hydroxylation is 1. The lowest BCUT2D eigenvalue weighted by atomic mass is 10.1. The largest absolute Gasteiger partial charge is 0.367 e. The fourth-order valence-electron chi connectivity index (χ4n) is 1.69. The van der Waals surface area contributed by atoms with Crippen molar-refractivity contribution < 1.29 is 4.74 Å². The Labute approximate surface area is 76.9 Å². The van der Waals surface area contributed by atoms with Crippen LogP contribution in [0, 0.1) is 0 Å². The average molecular weight is 182 g/mol. The molecule has 13 heavy (non-hydrogen) atoms. The van der Waals surface area contributed by atoms with Crippen LogP contribution < -0.4 is 5.73 Å². The molecule has 5 heteroatoms. The molecule has 0 aromatic carbocycles. The Hall–Kier alpha value is -0.940. The first-order valence-electron chi connectivity index (χ1n) is 4.51. The van der Waals surface area contributed by atoms with Crippen LogP contribution in [0.15, 0.2) is 6.20 Å². The van der Waals surface area contributed by atoms with Gasteiger partial charge in [0.05, 0.1) is 18.0 Å². The second-order valence-electron chi connectivity index (χ2n) is 3.34. The zero-order chi connectivity index (χ0) is 9.26. The summed E-state index contributed by atoms with van der Waals surface area (Å²) < 4.78 is 7.46. The number of hydrogen-bond acceptors (Lipinski definition) is 4. The molecule has 0 bridgehead atoms. The van der Waals surface area contributed by atoms with Gasteiger partial charge in [-0.1, -0.05) is 5.21 Å². The highest BCUT2D eigenvalue weighted by atomic mass is 16.5. The number of nitrogens with zero attached hydrogens (tertiary/aromatic N) is 3. The fourth-order valence-corrected chi connectivity index (χ4v) is 1.69. The van der Waals surface area contributed by atoms with E-state index >= 15 is 0 Å². The van der Waals surface area contributed by atoms with E-state index in [1.807, 2.05) is 7.05 Å². The van der Waals surface area contributed by atoms with Gasteiger partial charge in [0.1, 0.15) is 6.10 Å². The van der Waals surface area contributed by atoms with Crippen LogP contribution in [0.1, 0.15) is 24.6 Å². The molecule has 1 aliphatic heterocycles. The van der Waals surface area contributed by atoms with Crippen molar-refractivity contribution in [2.45, 2.75) is 25.0 Å². The Balaban J connectivity index is 2.08. The highest BCUT2D eigenvalue weighted by Gasteiger charge is 2.27. The molecule has 0 spiro atoms. The van der Waals surface area contributed by atoms with Crippen molar-refractivity contribution in [2.75, 3.05) is 6.54 Å². The zero-order valence-corrected chi connectivity index (χ0v) is 7.68. The maximum absolute atomic E-state index is 5.71. The van der Waals surface area contributed by atoms with Crippen LogP contribution in [0.5, 0.6) is 0 Å². The van der Waals surface area contributed by atoms with Gasteiger partial charge in [0.15, 0.2) is 0 Å². The summed E-state index contributed by atoms with van der Waals surface area (Å²) in [7, 11) is 1.88. The summed E-state index contributed by atoms with van der Waals surface area (Å²) in [6.07, 6.45) is 4.15. The van der Waals surface area contributed by atoms with Crippen molar-refractivity contribution in [2.24, 2.45) is 12.8 Å². The lowest BCUT2D eigenvalue weighted by molar-refractivity contribution is 0.0453. The summed E-state index contributed by atoms with van der Waals surface area (Å²) in [5.41, 5.74) is 6.56. The molecule has 1 aromatic heterocycles. The molecular weight excluding hydrogens is 168 g/mol. The van der Waals surface area contributed by atoms with E-state index in [1.165, 1.54) is 0 Å². The van der Waals surface area contributed by atoms with Gasteiger partial charge in [-0.25, -0.2) is 4.68 Å².